The molecule has 1 aliphatic rings. The molecule has 1 aromatic heterocycles. The van der Waals surface area contributed by atoms with Gasteiger partial charge in [-0.15, -0.1) is 0 Å². The fourth-order valence-corrected chi connectivity index (χ4v) is 3.85. The van der Waals surface area contributed by atoms with Gasteiger partial charge in [0.15, 0.2) is 5.96 Å². The first-order chi connectivity index (χ1) is 14.7. The normalized spacial score (nSPS) is 16.1. The van der Waals surface area contributed by atoms with Gasteiger partial charge in [-0.1, -0.05) is 30.2 Å². The number of carbonyl (C=O) groups excluding carboxylic acids is 1. The minimum Gasteiger partial charge on any atom is -0.468 e. The number of aliphatic imine (C=N–C) groups is 1. The number of carbonyl (C=O) groups is 1. The lowest BCUT2D eigenvalue weighted by atomic mass is 10.1. The molecule has 0 saturated carbocycles. The van der Waals surface area contributed by atoms with Gasteiger partial charge in [0.25, 0.3) is 5.91 Å². The van der Waals surface area contributed by atoms with Gasteiger partial charge in [0, 0.05) is 26.7 Å². The SMILES string of the molecule is CN=C(NCCNC(=O)c1ccccc1Cl)NCC(c1ccco1)N1CCCCC1. The van der Waals surface area contributed by atoms with Crippen LogP contribution in [0, 0.1) is 0 Å². The Kier molecular flexibility index (Phi) is 8.59. The number of nitrogens with zero attached hydrogens (tertiary/aromatic N) is 2. The van der Waals surface area contributed by atoms with Gasteiger partial charge in [0.05, 0.1) is 22.9 Å². The molecule has 1 saturated heterocycles. The highest BCUT2D eigenvalue weighted by atomic mass is 35.5. The lowest BCUT2D eigenvalue weighted by Gasteiger charge is -2.33. The van der Waals surface area contributed by atoms with Crippen LogP contribution in [0.1, 0.15) is 41.4 Å². The molecular formula is C22H30ClN5O2. The number of hydrogen-bond acceptors (Lipinski definition) is 4. The molecule has 1 aromatic carbocycles. The Hall–Kier alpha value is -2.51. The lowest BCUT2D eigenvalue weighted by Crippen LogP contribution is -2.46. The van der Waals surface area contributed by atoms with E-state index in [9.17, 15) is 4.79 Å². The Morgan fingerprint density at radius 1 is 1.10 bits per heavy atom. The molecule has 0 radical (unpaired) electrons. The van der Waals surface area contributed by atoms with E-state index in [0.717, 1.165) is 18.8 Å². The van der Waals surface area contributed by atoms with Crippen LogP contribution in [0.4, 0.5) is 0 Å². The van der Waals surface area contributed by atoms with Gasteiger partial charge < -0.3 is 20.4 Å². The van der Waals surface area contributed by atoms with Crippen molar-refractivity contribution in [2.24, 2.45) is 4.99 Å². The second-order valence-corrected chi connectivity index (χ2v) is 7.65. The Bertz CT molecular complexity index is 819. The van der Waals surface area contributed by atoms with Gasteiger partial charge in [-0.05, 0) is 50.2 Å². The van der Waals surface area contributed by atoms with Crippen LogP contribution in [0.3, 0.4) is 0 Å². The van der Waals surface area contributed by atoms with Gasteiger partial charge in [0.1, 0.15) is 5.76 Å². The molecule has 30 heavy (non-hydrogen) atoms. The smallest absolute Gasteiger partial charge is 0.252 e. The zero-order valence-corrected chi connectivity index (χ0v) is 18.1. The summed E-state index contributed by atoms with van der Waals surface area (Å²) in [6.07, 6.45) is 5.45. The van der Waals surface area contributed by atoms with Crippen molar-refractivity contribution in [1.29, 1.82) is 0 Å². The quantitative estimate of drug-likeness (QED) is 0.340. The summed E-state index contributed by atoms with van der Waals surface area (Å²) in [5.74, 6) is 1.47. The average molecular weight is 432 g/mol. The first-order valence-corrected chi connectivity index (χ1v) is 10.8. The monoisotopic (exact) mass is 431 g/mol. The van der Waals surface area contributed by atoms with Crippen molar-refractivity contribution in [3.05, 3.63) is 59.0 Å². The van der Waals surface area contributed by atoms with Crippen LogP contribution in [0.15, 0.2) is 52.1 Å². The van der Waals surface area contributed by atoms with E-state index in [4.69, 9.17) is 16.0 Å². The number of halogens is 1. The molecule has 0 aliphatic carbocycles. The average Bonchev–Trinajstić information content (AvgIpc) is 3.31. The van der Waals surface area contributed by atoms with Crippen molar-refractivity contribution in [2.75, 3.05) is 39.8 Å². The second kappa shape index (κ2) is 11.6. The third-order valence-corrected chi connectivity index (χ3v) is 5.54. The van der Waals surface area contributed by atoms with Crippen molar-refractivity contribution >= 4 is 23.5 Å². The van der Waals surface area contributed by atoms with Crippen molar-refractivity contribution in [2.45, 2.75) is 25.3 Å². The molecule has 1 unspecified atom stereocenters. The summed E-state index contributed by atoms with van der Waals surface area (Å²) in [5, 5.41) is 9.94. The fourth-order valence-electron chi connectivity index (χ4n) is 3.63. The Balaban J connectivity index is 1.45. The minimum atomic E-state index is -0.187. The molecule has 2 aromatic rings. The number of nitrogens with one attached hydrogen (secondary N) is 3. The molecule has 1 atom stereocenters. The van der Waals surface area contributed by atoms with E-state index in [-0.39, 0.29) is 11.9 Å². The summed E-state index contributed by atoms with van der Waals surface area (Å²) in [7, 11) is 1.74. The summed E-state index contributed by atoms with van der Waals surface area (Å²) < 4.78 is 5.69. The van der Waals surface area contributed by atoms with E-state index < -0.39 is 0 Å². The molecule has 2 heterocycles. The summed E-state index contributed by atoms with van der Waals surface area (Å²) in [4.78, 5) is 19.0. The minimum absolute atomic E-state index is 0.166. The lowest BCUT2D eigenvalue weighted by molar-refractivity contribution is 0.0954. The van der Waals surface area contributed by atoms with Crippen molar-refractivity contribution < 1.29 is 9.21 Å². The molecule has 1 aliphatic heterocycles. The molecule has 7 nitrogen and oxygen atoms in total. The third-order valence-electron chi connectivity index (χ3n) is 5.21. The highest BCUT2D eigenvalue weighted by molar-refractivity contribution is 6.33. The first-order valence-electron chi connectivity index (χ1n) is 10.4. The maximum Gasteiger partial charge on any atom is 0.252 e. The van der Waals surface area contributed by atoms with Crippen LogP contribution in [0.5, 0.6) is 0 Å². The first kappa shape index (κ1) is 22.2. The predicted octanol–water partition coefficient (Wildman–Crippen LogP) is 3.06. The molecular weight excluding hydrogens is 402 g/mol. The molecule has 0 bridgehead atoms. The number of furan rings is 1. The molecule has 1 amide bonds. The van der Waals surface area contributed by atoms with Crippen molar-refractivity contribution in [1.82, 2.24) is 20.9 Å². The summed E-state index contributed by atoms with van der Waals surface area (Å²) >= 11 is 6.06. The fraction of sp³-hybridized carbons (Fsp3) is 0.455. The van der Waals surface area contributed by atoms with Crippen LogP contribution in [0.2, 0.25) is 5.02 Å². The molecule has 162 valence electrons. The van der Waals surface area contributed by atoms with Gasteiger partial charge in [0.2, 0.25) is 0 Å². The number of hydrogen-bond donors (Lipinski definition) is 3. The number of likely N-dealkylation sites (tertiary alicyclic amines) is 1. The zero-order chi connectivity index (χ0) is 21.2. The van der Waals surface area contributed by atoms with Crippen LogP contribution >= 0.6 is 11.6 Å². The highest BCUT2D eigenvalue weighted by Gasteiger charge is 2.24. The van der Waals surface area contributed by atoms with Gasteiger partial charge in [-0.2, -0.15) is 0 Å². The second-order valence-electron chi connectivity index (χ2n) is 7.24. The topological polar surface area (TPSA) is 81.9 Å². The van der Waals surface area contributed by atoms with Crippen molar-refractivity contribution in [3.63, 3.8) is 0 Å². The number of guanidine groups is 1. The summed E-state index contributed by atoms with van der Waals surface area (Å²) in [6.45, 7) is 3.85. The molecule has 3 N–H and O–H groups in total. The Labute approximate surface area is 182 Å². The molecule has 3 rings (SSSR count). The summed E-state index contributed by atoms with van der Waals surface area (Å²) in [6, 6.07) is 11.1. The van der Waals surface area contributed by atoms with Crippen LogP contribution in [-0.2, 0) is 0 Å². The zero-order valence-electron chi connectivity index (χ0n) is 17.4. The van der Waals surface area contributed by atoms with Crippen LogP contribution in [-0.4, -0.2) is 56.5 Å². The van der Waals surface area contributed by atoms with Gasteiger partial charge >= 0.3 is 0 Å². The molecule has 8 heteroatoms. The predicted molar refractivity (Wildman–Crippen MR) is 120 cm³/mol. The van der Waals surface area contributed by atoms with Crippen LogP contribution < -0.4 is 16.0 Å². The van der Waals surface area contributed by atoms with Gasteiger partial charge in [-0.3, -0.25) is 14.7 Å². The number of piperidine rings is 1. The summed E-state index contributed by atoms with van der Waals surface area (Å²) in [5.41, 5.74) is 0.476. The Morgan fingerprint density at radius 3 is 2.57 bits per heavy atom. The highest BCUT2D eigenvalue weighted by Crippen LogP contribution is 2.24. The largest absolute Gasteiger partial charge is 0.468 e. The van der Waals surface area contributed by atoms with E-state index in [1.54, 1.807) is 37.6 Å². The third kappa shape index (κ3) is 6.24. The van der Waals surface area contributed by atoms with Crippen LogP contribution in [0.25, 0.3) is 0 Å². The van der Waals surface area contributed by atoms with E-state index in [1.165, 1.54) is 19.3 Å². The number of amides is 1. The standard InChI is InChI=1S/C22H30ClN5O2/c1-24-22(26-12-11-25-21(29)17-8-3-4-9-18(17)23)27-16-19(20-10-7-15-30-20)28-13-5-2-6-14-28/h3-4,7-10,15,19H,2,5-6,11-14,16H2,1H3,(H,25,29)(H2,24,26,27). The van der Waals surface area contributed by atoms with E-state index >= 15 is 0 Å². The van der Waals surface area contributed by atoms with E-state index in [1.807, 2.05) is 12.1 Å². The van der Waals surface area contributed by atoms with E-state index in [0.29, 0.717) is 36.2 Å². The van der Waals surface area contributed by atoms with Crippen molar-refractivity contribution in [3.8, 4) is 0 Å². The molecule has 0 spiro atoms. The number of benzene rings is 1. The Morgan fingerprint density at radius 2 is 1.87 bits per heavy atom. The van der Waals surface area contributed by atoms with E-state index in [2.05, 4.69) is 25.8 Å². The maximum absolute atomic E-state index is 12.2. The molecule has 1 fully saturated rings. The van der Waals surface area contributed by atoms with Gasteiger partial charge in [-0.25, -0.2) is 0 Å². The maximum atomic E-state index is 12.2. The number of rotatable bonds is 8.